The molecule has 2 N–H and O–H groups in total. The standard InChI is InChI=1S/C21H16N2O4S/c24-20(18-11-6-12-28-18)22-23-21(25)19-16(13-26-14-7-2-1-3-8-14)15-9-4-5-10-17(15)27-19/h1-12H,13H2,(H,22,24)(H,23,25). The zero-order chi connectivity index (χ0) is 19.3. The summed E-state index contributed by atoms with van der Waals surface area (Å²) in [5.74, 6) is -0.150. The first-order chi connectivity index (χ1) is 13.7. The Hall–Kier alpha value is -3.58. The molecule has 6 nitrogen and oxygen atoms in total. The minimum Gasteiger partial charge on any atom is -0.489 e. The Morgan fingerprint density at radius 1 is 0.893 bits per heavy atom. The van der Waals surface area contributed by atoms with Gasteiger partial charge in [-0.2, -0.15) is 0 Å². The maximum Gasteiger partial charge on any atom is 0.305 e. The molecule has 2 aromatic carbocycles. The maximum absolute atomic E-state index is 12.6. The third-order valence-corrected chi connectivity index (χ3v) is 4.93. The number of ether oxygens (including phenoxy) is 1. The van der Waals surface area contributed by atoms with Crippen LogP contribution in [0, 0.1) is 0 Å². The van der Waals surface area contributed by atoms with Gasteiger partial charge in [0.05, 0.1) is 4.88 Å². The van der Waals surface area contributed by atoms with Gasteiger partial charge in [-0.25, -0.2) is 0 Å². The summed E-state index contributed by atoms with van der Waals surface area (Å²) >= 11 is 1.28. The lowest BCUT2D eigenvalue weighted by atomic mass is 10.1. The monoisotopic (exact) mass is 392 g/mol. The van der Waals surface area contributed by atoms with Gasteiger partial charge in [0, 0.05) is 10.9 Å². The van der Waals surface area contributed by atoms with Gasteiger partial charge >= 0.3 is 5.91 Å². The van der Waals surface area contributed by atoms with Crippen LogP contribution in [0.1, 0.15) is 25.8 Å². The number of hydrogen-bond acceptors (Lipinski definition) is 5. The third kappa shape index (κ3) is 3.74. The molecule has 4 aromatic rings. The van der Waals surface area contributed by atoms with Crippen molar-refractivity contribution in [3.05, 3.63) is 88.3 Å². The van der Waals surface area contributed by atoms with Gasteiger partial charge in [0.25, 0.3) is 5.91 Å². The zero-order valence-corrected chi connectivity index (χ0v) is 15.5. The average Bonchev–Trinajstić information content (AvgIpc) is 3.39. The molecule has 28 heavy (non-hydrogen) atoms. The molecule has 0 aliphatic carbocycles. The molecule has 0 spiro atoms. The summed E-state index contributed by atoms with van der Waals surface area (Å²) in [6.07, 6.45) is 0. The van der Waals surface area contributed by atoms with Gasteiger partial charge in [0.15, 0.2) is 0 Å². The van der Waals surface area contributed by atoms with E-state index in [2.05, 4.69) is 10.9 Å². The Morgan fingerprint density at radius 2 is 1.64 bits per heavy atom. The van der Waals surface area contributed by atoms with Crippen molar-refractivity contribution >= 4 is 34.1 Å². The van der Waals surface area contributed by atoms with Gasteiger partial charge in [-0.1, -0.05) is 42.5 Å². The molecule has 2 heterocycles. The Bertz CT molecular complexity index is 1100. The van der Waals surface area contributed by atoms with E-state index in [0.29, 0.717) is 21.8 Å². The van der Waals surface area contributed by atoms with Crippen LogP contribution >= 0.6 is 11.3 Å². The van der Waals surface area contributed by atoms with Crippen molar-refractivity contribution in [3.63, 3.8) is 0 Å². The topological polar surface area (TPSA) is 80.6 Å². The molecule has 0 radical (unpaired) electrons. The van der Waals surface area contributed by atoms with Gasteiger partial charge in [0.1, 0.15) is 17.9 Å². The van der Waals surface area contributed by atoms with E-state index >= 15 is 0 Å². The van der Waals surface area contributed by atoms with E-state index in [4.69, 9.17) is 9.15 Å². The van der Waals surface area contributed by atoms with Crippen molar-refractivity contribution in [2.45, 2.75) is 6.61 Å². The lowest BCUT2D eigenvalue weighted by molar-refractivity contribution is 0.0832. The number of carbonyl (C=O) groups is 2. The Balaban J connectivity index is 1.55. The molecule has 0 atom stereocenters. The summed E-state index contributed by atoms with van der Waals surface area (Å²) in [5.41, 5.74) is 5.99. The Kier molecular flexibility index (Phi) is 5.07. The second kappa shape index (κ2) is 7.98. The van der Waals surface area contributed by atoms with Crippen molar-refractivity contribution < 1.29 is 18.7 Å². The summed E-state index contributed by atoms with van der Waals surface area (Å²) in [7, 11) is 0. The van der Waals surface area contributed by atoms with E-state index in [0.717, 1.165) is 5.39 Å². The van der Waals surface area contributed by atoms with E-state index in [1.54, 1.807) is 23.6 Å². The van der Waals surface area contributed by atoms with E-state index in [1.807, 2.05) is 48.5 Å². The predicted molar refractivity (Wildman–Crippen MR) is 106 cm³/mol. The molecule has 7 heteroatoms. The van der Waals surface area contributed by atoms with Gasteiger partial charge in [-0.3, -0.25) is 20.4 Å². The van der Waals surface area contributed by atoms with Crippen LogP contribution in [0.15, 0.2) is 76.5 Å². The molecule has 0 aliphatic rings. The highest BCUT2D eigenvalue weighted by atomic mass is 32.1. The van der Waals surface area contributed by atoms with Crippen molar-refractivity contribution in [2.24, 2.45) is 0 Å². The average molecular weight is 392 g/mol. The van der Waals surface area contributed by atoms with Crippen LogP contribution in [0.2, 0.25) is 0 Å². The van der Waals surface area contributed by atoms with Crippen LogP contribution < -0.4 is 15.6 Å². The molecule has 140 valence electrons. The number of thiophene rings is 1. The smallest absolute Gasteiger partial charge is 0.305 e. The summed E-state index contributed by atoms with van der Waals surface area (Å²) in [5, 5.41) is 2.57. The number of benzene rings is 2. The largest absolute Gasteiger partial charge is 0.489 e. The Labute approximate surface area is 164 Å². The molecule has 0 fully saturated rings. The normalized spacial score (nSPS) is 10.6. The minimum atomic E-state index is -0.548. The SMILES string of the molecule is O=C(NNC(=O)c1oc2ccccc2c1COc1ccccc1)c1cccs1. The summed E-state index contributed by atoms with van der Waals surface area (Å²) in [6, 6.07) is 20.1. The molecular weight excluding hydrogens is 376 g/mol. The maximum atomic E-state index is 12.6. The van der Waals surface area contributed by atoms with Crippen molar-refractivity contribution in [1.82, 2.24) is 10.9 Å². The van der Waals surface area contributed by atoms with Crippen LogP contribution in [0.5, 0.6) is 5.75 Å². The molecule has 4 rings (SSSR count). The van der Waals surface area contributed by atoms with E-state index in [-0.39, 0.29) is 18.3 Å². The minimum absolute atomic E-state index is 0.101. The fourth-order valence-electron chi connectivity index (χ4n) is 2.74. The van der Waals surface area contributed by atoms with Gasteiger partial charge < -0.3 is 9.15 Å². The number of furan rings is 1. The number of fused-ring (bicyclic) bond motifs is 1. The second-order valence-corrected chi connectivity index (χ2v) is 6.84. The quantitative estimate of drug-likeness (QED) is 0.500. The second-order valence-electron chi connectivity index (χ2n) is 5.89. The van der Waals surface area contributed by atoms with Crippen LogP contribution in [0.4, 0.5) is 0 Å². The molecule has 2 aromatic heterocycles. The number of rotatable bonds is 5. The van der Waals surface area contributed by atoms with Crippen LogP contribution in [-0.2, 0) is 6.61 Å². The molecule has 0 saturated heterocycles. The van der Waals surface area contributed by atoms with Crippen molar-refractivity contribution in [3.8, 4) is 5.75 Å². The van der Waals surface area contributed by atoms with Crippen LogP contribution in [0.25, 0.3) is 11.0 Å². The number of carbonyl (C=O) groups excluding carboxylic acids is 2. The molecule has 2 amide bonds. The Morgan fingerprint density at radius 3 is 2.43 bits per heavy atom. The van der Waals surface area contributed by atoms with Crippen LogP contribution in [0.3, 0.4) is 0 Å². The molecule has 0 unspecified atom stereocenters. The van der Waals surface area contributed by atoms with Gasteiger partial charge in [-0.15, -0.1) is 11.3 Å². The van der Waals surface area contributed by atoms with Crippen molar-refractivity contribution in [2.75, 3.05) is 0 Å². The summed E-state index contributed by atoms with van der Waals surface area (Å²) in [6.45, 7) is 0.155. The number of amides is 2. The number of para-hydroxylation sites is 2. The lowest BCUT2D eigenvalue weighted by Crippen LogP contribution is -2.41. The van der Waals surface area contributed by atoms with Crippen LogP contribution in [-0.4, -0.2) is 11.8 Å². The fourth-order valence-corrected chi connectivity index (χ4v) is 3.36. The van der Waals surface area contributed by atoms with E-state index in [1.165, 1.54) is 11.3 Å². The molecular formula is C21H16N2O4S. The molecule has 0 saturated carbocycles. The highest BCUT2D eigenvalue weighted by molar-refractivity contribution is 7.12. The summed E-state index contributed by atoms with van der Waals surface area (Å²) < 4.78 is 11.5. The third-order valence-electron chi connectivity index (χ3n) is 4.07. The van der Waals surface area contributed by atoms with Crippen molar-refractivity contribution in [1.29, 1.82) is 0 Å². The highest BCUT2D eigenvalue weighted by Gasteiger charge is 2.21. The summed E-state index contributed by atoms with van der Waals surface area (Å²) in [4.78, 5) is 25.2. The molecule has 0 bridgehead atoms. The van der Waals surface area contributed by atoms with Gasteiger partial charge in [0.2, 0.25) is 5.76 Å². The predicted octanol–water partition coefficient (Wildman–Crippen LogP) is 4.15. The number of hydrazine groups is 1. The first-order valence-electron chi connectivity index (χ1n) is 8.55. The highest BCUT2D eigenvalue weighted by Crippen LogP contribution is 2.27. The van der Waals surface area contributed by atoms with E-state index < -0.39 is 5.91 Å². The number of hydrogen-bond donors (Lipinski definition) is 2. The van der Waals surface area contributed by atoms with E-state index in [9.17, 15) is 9.59 Å². The lowest BCUT2D eigenvalue weighted by Gasteiger charge is -2.08. The van der Waals surface area contributed by atoms with Gasteiger partial charge in [-0.05, 0) is 29.6 Å². The fraction of sp³-hybridized carbons (Fsp3) is 0.0476. The number of nitrogens with one attached hydrogen (secondary N) is 2. The zero-order valence-electron chi connectivity index (χ0n) is 14.7. The first kappa shape index (κ1) is 17.8. The molecule has 0 aliphatic heterocycles. The first-order valence-corrected chi connectivity index (χ1v) is 9.43.